The van der Waals surface area contributed by atoms with Gasteiger partial charge in [0, 0.05) is 6.42 Å². The topological polar surface area (TPSA) is 307 Å². The molecule has 12 N–H and O–H groups in total. The van der Waals surface area contributed by atoms with E-state index in [2.05, 4.69) is 92.1 Å². The monoisotopic (exact) mass is 1390 g/mol. The maximum Gasteiger partial charge on any atom is 0.220 e. The van der Waals surface area contributed by atoms with Gasteiger partial charge in [0.1, 0.15) is 73.2 Å². The number of amides is 1. The third kappa shape index (κ3) is 39.6. The van der Waals surface area contributed by atoms with Crippen LogP contribution in [-0.4, -0.2) is 193 Å². The molecule has 568 valence electrons. The summed E-state index contributed by atoms with van der Waals surface area (Å²) in [5.41, 5.74) is 0. The summed E-state index contributed by atoms with van der Waals surface area (Å²) in [7, 11) is 0. The van der Waals surface area contributed by atoms with Crippen molar-refractivity contribution in [3.8, 4) is 0 Å². The van der Waals surface area contributed by atoms with Crippen molar-refractivity contribution in [1.82, 2.24) is 5.32 Å². The van der Waals surface area contributed by atoms with E-state index in [0.717, 1.165) is 70.6 Å². The van der Waals surface area contributed by atoms with Crippen LogP contribution in [0, 0.1) is 0 Å². The zero-order chi connectivity index (χ0) is 71.1. The van der Waals surface area contributed by atoms with Crippen LogP contribution in [0.5, 0.6) is 0 Å². The van der Waals surface area contributed by atoms with Gasteiger partial charge < -0.3 is 89.9 Å². The molecule has 3 saturated heterocycles. The summed E-state index contributed by atoms with van der Waals surface area (Å²) in [6.07, 6.45) is 52.0. The van der Waals surface area contributed by atoms with E-state index in [9.17, 15) is 61.0 Å². The highest BCUT2D eigenvalue weighted by Crippen LogP contribution is 2.33. The molecule has 19 nitrogen and oxygen atoms in total. The molecule has 3 aliphatic heterocycles. The molecule has 0 aliphatic carbocycles. The Morgan fingerprint density at radius 1 is 0.378 bits per heavy atom. The number of hydrogen-bond acceptors (Lipinski definition) is 18. The summed E-state index contributed by atoms with van der Waals surface area (Å²) in [5.74, 6) is -0.289. The molecule has 17 unspecified atom stereocenters. The van der Waals surface area contributed by atoms with Gasteiger partial charge in [-0.2, -0.15) is 0 Å². The van der Waals surface area contributed by atoms with E-state index in [1.165, 1.54) is 173 Å². The van der Waals surface area contributed by atoms with E-state index in [0.29, 0.717) is 12.8 Å². The molecule has 1 amide bonds. The number of nitrogens with one attached hydrogen (secondary N) is 1. The number of carbonyl (C=O) groups excluding carboxylic acids is 1. The quantitative estimate of drug-likeness (QED) is 0.0199. The fourth-order valence-corrected chi connectivity index (χ4v) is 12.7. The number of carbonyl (C=O) groups is 1. The molecule has 19 heteroatoms. The highest BCUT2D eigenvalue weighted by molar-refractivity contribution is 5.76. The van der Waals surface area contributed by atoms with Crippen LogP contribution in [0.4, 0.5) is 0 Å². The first-order valence-electron chi connectivity index (χ1n) is 38.8. The van der Waals surface area contributed by atoms with E-state index in [1.807, 2.05) is 6.08 Å². The van der Waals surface area contributed by atoms with Gasteiger partial charge in [-0.15, -0.1) is 0 Å². The molecule has 3 aliphatic rings. The Kier molecular flexibility index (Phi) is 54.0. The van der Waals surface area contributed by atoms with Crippen molar-refractivity contribution < 1.29 is 89.4 Å². The molecular weight excluding hydrogens is 1250 g/mol. The third-order valence-corrected chi connectivity index (χ3v) is 18.9. The van der Waals surface area contributed by atoms with E-state index in [4.69, 9.17) is 28.4 Å². The van der Waals surface area contributed by atoms with E-state index in [-0.39, 0.29) is 18.9 Å². The molecule has 0 spiro atoms. The van der Waals surface area contributed by atoms with Gasteiger partial charge in [0.05, 0.1) is 38.6 Å². The maximum atomic E-state index is 13.4. The van der Waals surface area contributed by atoms with E-state index in [1.54, 1.807) is 6.08 Å². The van der Waals surface area contributed by atoms with E-state index >= 15 is 0 Å². The van der Waals surface area contributed by atoms with Gasteiger partial charge in [-0.05, 0) is 77.0 Å². The lowest BCUT2D eigenvalue weighted by Gasteiger charge is -2.48. The highest BCUT2D eigenvalue weighted by atomic mass is 16.8. The molecule has 3 heterocycles. The average Bonchev–Trinajstić information content (AvgIpc) is 0.785. The predicted molar refractivity (Wildman–Crippen MR) is 388 cm³/mol. The molecule has 0 aromatic heterocycles. The average molecular weight is 1390 g/mol. The van der Waals surface area contributed by atoms with Crippen LogP contribution in [-0.2, 0) is 33.2 Å². The van der Waals surface area contributed by atoms with Gasteiger partial charge in [-0.25, -0.2) is 0 Å². The summed E-state index contributed by atoms with van der Waals surface area (Å²) in [6.45, 7) is 1.54. The lowest BCUT2D eigenvalue weighted by atomic mass is 9.96. The fraction of sp³-hybridized carbons (Fsp3) is 0.810. The zero-order valence-corrected chi connectivity index (χ0v) is 60.5. The van der Waals surface area contributed by atoms with Crippen LogP contribution < -0.4 is 5.32 Å². The summed E-state index contributed by atoms with van der Waals surface area (Å²) in [4.78, 5) is 13.4. The number of hydrogen-bond donors (Lipinski definition) is 12. The normalized spacial score (nSPS) is 27.2. The molecule has 0 saturated carbocycles. The number of aliphatic hydroxyl groups excluding tert-OH is 11. The van der Waals surface area contributed by atoms with Gasteiger partial charge in [0.25, 0.3) is 0 Å². The number of ether oxygens (including phenoxy) is 6. The molecule has 3 fully saturated rings. The lowest BCUT2D eigenvalue weighted by molar-refractivity contribution is -0.379. The number of allylic oxidation sites excluding steroid dienone is 13. The van der Waals surface area contributed by atoms with Crippen LogP contribution >= 0.6 is 0 Å². The van der Waals surface area contributed by atoms with Gasteiger partial charge in [0.2, 0.25) is 5.91 Å². The smallest absolute Gasteiger partial charge is 0.220 e. The standard InChI is InChI=1S/C79H139NO18/c1-3-5-7-9-11-13-15-17-18-19-20-21-22-23-24-25-26-27-28-29-30-31-32-33-34-35-36-37-38-39-40-41-42-43-44-45-47-49-51-53-55-57-67(85)80-62(63(84)56-54-52-50-48-46-16-14-12-10-8-6-4-2)61-93-77-73(91)70(88)75(65(59-82)95-77)98-79-74(92)71(89)76(66(60-83)96-79)97-78-72(90)69(87)68(86)64(58-81)94-78/h5,7,10-13,17-18,20-21,46,48,54,56,62-66,68-79,81-84,86-92H,3-4,6,8-9,14-16,19,22-45,47,49-53,55,57-61H2,1-2H3,(H,80,85)/b7-5-,12-10+,13-11-,18-17-,21-20-,48-46+,56-54+. The second-order valence-corrected chi connectivity index (χ2v) is 27.4. The first-order chi connectivity index (χ1) is 47.8. The zero-order valence-electron chi connectivity index (χ0n) is 60.5. The van der Waals surface area contributed by atoms with Gasteiger partial charge in [0.15, 0.2) is 18.9 Å². The third-order valence-electron chi connectivity index (χ3n) is 18.9. The molecule has 98 heavy (non-hydrogen) atoms. The second kappa shape index (κ2) is 59.4. The van der Waals surface area contributed by atoms with Crippen LogP contribution in [0.3, 0.4) is 0 Å². The Labute approximate surface area is 590 Å². The van der Waals surface area contributed by atoms with Crippen LogP contribution in [0.2, 0.25) is 0 Å². The van der Waals surface area contributed by atoms with Crippen molar-refractivity contribution in [2.24, 2.45) is 0 Å². The molecule has 0 aromatic carbocycles. The first-order valence-corrected chi connectivity index (χ1v) is 38.8. The van der Waals surface area contributed by atoms with Crippen LogP contribution in [0.25, 0.3) is 0 Å². The minimum atomic E-state index is -1.98. The Balaban J connectivity index is 1.26. The Morgan fingerprint density at radius 2 is 0.714 bits per heavy atom. The molecule has 17 atom stereocenters. The summed E-state index contributed by atoms with van der Waals surface area (Å²) in [6, 6.07) is -0.997. The molecular formula is C79H139NO18. The number of rotatable bonds is 60. The Bertz CT molecular complexity index is 2100. The van der Waals surface area contributed by atoms with Crippen molar-refractivity contribution in [1.29, 1.82) is 0 Å². The van der Waals surface area contributed by atoms with E-state index < -0.39 is 124 Å². The maximum absolute atomic E-state index is 13.4. The molecule has 0 aromatic rings. The summed E-state index contributed by atoms with van der Waals surface area (Å²) in [5, 5.41) is 120. The first kappa shape index (κ1) is 89.2. The highest BCUT2D eigenvalue weighted by Gasteiger charge is 2.53. The van der Waals surface area contributed by atoms with Crippen molar-refractivity contribution in [2.75, 3.05) is 26.4 Å². The van der Waals surface area contributed by atoms with Crippen molar-refractivity contribution >= 4 is 5.91 Å². The van der Waals surface area contributed by atoms with Crippen molar-refractivity contribution in [3.63, 3.8) is 0 Å². The van der Waals surface area contributed by atoms with Gasteiger partial charge in [-0.3, -0.25) is 4.79 Å². The Hall–Kier alpha value is -3.03. The molecule has 0 radical (unpaired) electrons. The molecule has 0 bridgehead atoms. The largest absolute Gasteiger partial charge is 0.394 e. The summed E-state index contributed by atoms with van der Waals surface area (Å²) >= 11 is 0. The molecule has 3 rings (SSSR count). The van der Waals surface area contributed by atoms with Crippen molar-refractivity contribution in [2.45, 2.75) is 381 Å². The van der Waals surface area contributed by atoms with Gasteiger partial charge in [-0.1, -0.05) is 279 Å². The summed E-state index contributed by atoms with van der Waals surface area (Å²) < 4.78 is 34.3. The van der Waals surface area contributed by atoms with Gasteiger partial charge >= 0.3 is 0 Å². The Morgan fingerprint density at radius 3 is 1.14 bits per heavy atom. The SMILES string of the molecule is CC/C=C\C/C=C\C/C=C\C/C=C\CCCCCCCCCCCCCCCCCCCCCCCCCCCCCCC(=O)NC(COC1OC(CO)C(OC2OC(CO)C(OC3OC(CO)C(O)C(O)C3O)C(O)C2O)C(O)C1O)C(O)/C=C/CC/C=C/CC/C=C/CCCC. The second-order valence-electron chi connectivity index (χ2n) is 27.4. The minimum absolute atomic E-state index is 0.233. The minimum Gasteiger partial charge on any atom is -0.394 e. The lowest BCUT2D eigenvalue weighted by Crippen LogP contribution is -2.66. The van der Waals surface area contributed by atoms with Crippen molar-refractivity contribution in [3.05, 3.63) is 85.1 Å². The number of aliphatic hydroxyl groups is 11. The predicted octanol–water partition coefficient (Wildman–Crippen LogP) is 12.2. The fourth-order valence-electron chi connectivity index (χ4n) is 12.7. The number of unbranched alkanes of at least 4 members (excludes halogenated alkanes) is 32. The van der Waals surface area contributed by atoms with Crippen LogP contribution in [0.1, 0.15) is 277 Å². The van der Waals surface area contributed by atoms with Crippen LogP contribution in [0.15, 0.2) is 85.1 Å².